The average molecular weight is 226 g/mol. The van der Waals surface area contributed by atoms with Crippen molar-refractivity contribution in [2.75, 3.05) is 31.1 Å². The molecule has 2 rings (SSSR count). The van der Waals surface area contributed by atoms with Gasteiger partial charge in [-0.25, -0.2) is 14.8 Å². The van der Waals surface area contributed by atoms with Crippen molar-refractivity contribution >= 4 is 24.0 Å². The van der Waals surface area contributed by atoms with Crippen LogP contribution in [0.5, 0.6) is 0 Å². The maximum atomic E-state index is 6.78. The van der Waals surface area contributed by atoms with Gasteiger partial charge in [0, 0.05) is 38.6 Å². The summed E-state index contributed by atoms with van der Waals surface area (Å²) in [5.74, 6) is 0.721. The molecule has 15 heavy (non-hydrogen) atoms. The quantitative estimate of drug-likeness (QED) is 0.721. The summed E-state index contributed by atoms with van der Waals surface area (Å²) < 4.78 is 0. The van der Waals surface area contributed by atoms with Crippen molar-refractivity contribution in [2.45, 2.75) is 0 Å². The topological polar surface area (TPSA) is 45.4 Å². The van der Waals surface area contributed by atoms with Crippen LogP contribution in [-0.2, 0) is 0 Å². The summed E-state index contributed by atoms with van der Waals surface area (Å²) in [7, 11) is 0. The maximum absolute atomic E-state index is 6.78. The highest BCUT2D eigenvalue weighted by Crippen LogP contribution is 2.12. The Morgan fingerprint density at radius 3 is 2.40 bits per heavy atom. The minimum absolute atomic E-state index is 0. The number of piperazine rings is 1. The fourth-order valence-electron chi connectivity index (χ4n) is 1.40. The molecule has 1 aromatic heterocycles. The van der Waals surface area contributed by atoms with Crippen LogP contribution in [0.3, 0.4) is 0 Å². The van der Waals surface area contributed by atoms with Crippen molar-refractivity contribution in [3.05, 3.63) is 23.8 Å². The summed E-state index contributed by atoms with van der Waals surface area (Å²) in [6.07, 6.45) is 3.13. The summed E-state index contributed by atoms with van der Waals surface area (Å²) in [5.41, 5.74) is 0.490. The molecule has 80 valence electrons. The lowest BCUT2D eigenvalue weighted by Crippen LogP contribution is -2.44. The van der Waals surface area contributed by atoms with E-state index in [1.807, 2.05) is 0 Å². The standard InChI is InChI=1S/C9H11N5.ClH/c1-10-8-6-12-9(13-7-8)14-4-2-11-3-5-14;/h6-7,11H,2-5H2;1H. The average Bonchev–Trinajstić information content (AvgIpc) is 2.30. The molecular formula is C9H12ClN5. The Balaban J connectivity index is 0.00000112. The van der Waals surface area contributed by atoms with Gasteiger partial charge in [-0.3, -0.25) is 0 Å². The van der Waals surface area contributed by atoms with Gasteiger partial charge < -0.3 is 10.2 Å². The van der Waals surface area contributed by atoms with Crippen LogP contribution >= 0.6 is 12.4 Å². The lowest BCUT2D eigenvalue weighted by atomic mass is 10.4. The van der Waals surface area contributed by atoms with E-state index in [0.717, 1.165) is 32.1 Å². The van der Waals surface area contributed by atoms with Crippen LogP contribution in [0.25, 0.3) is 4.85 Å². The highest BCUT2D eigenvalue weighted by Gasteiger charge is 2.12. The Hall–Kier alpha value is -1.38. The van der Waals surface area contributed by atoms with Gasteiger partial charge in [0.25, 0.3) is 0 Å². The van der Waals surface area contributed by atoms with Gasteiger partial charge in [-0.2, -0.15) is 0 Å². The molecular weight excluding hydrogens is 214 g/mol. The summed E-state index contributed by atoms with van der Waals surface area (Å²) in [4.78, 5) is 13.7. The molecule has 1 fully saturated rings. The number of aromatic nitrogens is 2. The van der Waals surface area contributed by atoms with Gasteiger partial charge in [0.05, 0.1) is 6.57 Å². The molecule has 0 aliphatic carbocycles. The van der Waals surface area contributed by atoms with Crippen LogP contribution in [0, 0.1) is 6.57 Å². The molecule has 5 nitrogen and oxygen atoms in total. The summed E-state index contributed by atoms with van der Waals surface area (Å²) in [6, 6.07) is 0. The first-order chi connectivity index (χ1) is 6.90. The minimum Gasteiger partial charge on any atom is -0.338 e. The smallest absolute Gasteiger partial charge is 0.223 e. The number of nitrogens with zero attached hydrogens (tertiary/aromatic N) is 4. The molecule has 0 saturated carbocycles. The zero-order valence-corrected chi connectivity index (χ0v) is 9.00. The van der Waals surface area contributed by atoms with Crippen molar-refractivity contribution < 1.29 is 0 Å². The van der Waals surface area contributed by atoms with Crippen LogP contribution < -0.4 is 10.2 Å². The number of hydrogen-bond donors (Lipinski definition) is 1. The number of hydrogen-bond acceptors (Lipinski definition) is 4. The van der Waals surface area contributed by atoms with Gasteiger partial charge in [-0.15, -0.1) is 12.4 Å². The molecule has 0 spiro atoms. The molecule has 0 unspecified atom stereocenters. The first-order valence-electron chi connectivity index (χ1n) is 4.55. The van der Waals surface area contributed by atoms with Crippen molar-refractivity contribution in [3.63, 3.8) is 0 Å². The van der Waals surface area contributed by atoms with Crippen molar-refractivity contribution in [3.8, 4) is 0 Å². The van der Waals surface area contributed by atoms with E-state index in [1.165, 1.54) is 0 Å². The molecule has 1 aliphatic rings. The van der Waals surface area contributed by atoms with E-state index in [9.17, 15) is 0 Å². The van der Waals surface area contributed by atoms with E-state index < -0.39 is 0 Å². The summed E-state index contributed by atoms with van der Waals surface area (Å²) >= 11 is 0. The first-order valence-corrected chi connectivity index (χ1v) is 4.55. The Bertz CT molecular complexity index is 339. The molecule has 0 radical (unpaired) electrons. The van der Waals surface area contributed by atoms with Crippen LogP contribution in [0.1, 0.15) is 0 Å². The van der Waals surface area contributed by atoms with E-state index in [2.05, 4.69) is 25.0 Å². The Kier molecular flexibility index (Phi) is 4.28. The van der Waals surface area contributed by atoms with Gasteiger partial charge in [0.15, 0.2) is 0 Å². The molecule has 1 N–H and O–H groups in total. The Morgan fingerprint density at radius 2 is 1.87 bits per heavy atom. The van der Waals surface area contributed by atoms with E-state index in [-0.39, 0.29) is 12.4 Å². The number of rotatable bonds is 1. The van der Waals surface area contributed by atoms with Crippen molar-refractivity contribution in [1.82, 2.24) is 15.3 Å². The second kappa shape index (κ2) is 5.49. The van der Waals surface area contributed by atoms with Gasteiger partial charge in [0.2, 0.25) is 11.6 Å². The van der Waals surface area contributed by atoms with Gasteiger partial charge >= 0.3 is 0 Å². The van der Waals surface area contributed by atoms with Crippen molar-refractivity contribution in [1.29, 1.82) is 0 Å². The molecule has 1 aliphatic heterocycles. The van der Waals surface area contributed by atoms with Crippen molar-refractivity contribution in [2.24, 2.45) is 0 Å². The minimum atomic E-state index is 0. The molecule has 1 saturated heterocycles. The fourth-order valence-corrected chi connectivity index (χ4v) is 1.40. The lowest BCUT2D eigenvalue weighted by Gasteiger charge is -2.27. The highest BCUT2D eigenvalue weighted by molar-refractivity contribution is 5.85. The number of anilines is 1. The second-order valence-electron chi connectivity index (χ2n) is 3.09. The third-order valence-corrected chi connectivity index (χ3v) is 2.15. The van der Waals surface area contributed by atoms with Crippen LogP contribution in [0.4, 0.5) is 11.6 Å². The predicted molar refractivity (Wildman–Crippen MR) is 60.6 cm³/mol. The van der Waals surface area contributed by atoms with Gasteiger partial charge in [0.1, 0.15) is 0 Å². The third-order valence-electron chi connectivity index (χ3n) is 2.15. The third kappa shape index (κ3) is 2.78. The summed E-state index contributed by atoms with van der Waals surface area (Å²) in [6.45, 7) is 10.6. The largest absolute Gasteiger partial charge is 0.338 e. The Morgan fingerprint density at radius 1 is 1.27 bits per heavy atom. The molecule has 2 heterocycles. The Labute approximate surface area is 94.8 Å². The SMILES string of the molecule is Cl.[C-]#[N+]c1cnc(N2CCNCC2)nc1. The monoisotopic (exact) mass is 225 g/mol. The van der Waals surface area contributed by atoms with Gasteiger partial charge in [-0.1, -0.05) is 0 Å². The molecule has 0 bridgehead atoms. The van der Waals surface area contributed by atoms with E-state index in [1.54, 1.807) is 12.4 Å². The predicted octanol–water partition coefficient (Wildman–Crippen LogP) is 0.859. The fraction of sp³-hybridized carbons (Fsp3) is 0.444. The first kappa shape index (κ1) is 11.7. The summed E-state index contributed by atoms with van der Waals surface area (Å²) in [5, 5.41) is 3.26. The molecule has 1 aromatic rings. The highest BCUT2D eigenvalue weighted by atomic mass is 35.5. The zero-order chi connectivity index (χ0) is 9.80. The van der Waals surface area contributed by atoms with E-state index in [4.69, 9.17) is 6.57 Å². The molecule has 0 aromatic carbocycles. The normalized spacial score (nSPS) is 15.3. The van der Waals surface area contributed by atoms with E-state index in [0.29, 0.717) is 5.69 Å². The maximum Gasteiger partial charge on any atom is 0.223 e. The lowest BCUT2D eigenvalue weighted by molar-refractivity contribution is 0.580. The van der Waals surface area contributed by atoms with Gasteiger partial charge in [-0.05, 0) is 0 Å². The van der Waals surface area contributed by atoms with Crippen LogP contribution in [0.15, 0.2) is 12.4 Å². The molecule has 6 heteroatoms. The zero-order valence-electron chi connectivity index (χ0n) is 8.18. The van der Waals surface area contributed by atoms with Crippen LogP contribution in [-0.4, -0.2) is 36.1 Å². The molecule has 0 atom stereocenters. The second-order valence-corrected chi connectivity index (χ2v) is 3.09. The number of nitrogens with one attached hydrogen (secondary N) is 1. The van der Waals surface area contributed by atoms with E-state index >= 15 is 0 Å². The molecule has 0 amide bonds. The number of halogens is 1. The van der Waals surface area contributed by atoms with Crippen LogP contribution in [0.2, 0.25) is 0 Å².